The summed E-state index contributed by atoms with van der Waals surface area (Å²) in [6.07, 6.45) is 3.23. The highest BCUT2D eigenvalue weighted by Gasteiger charge is 2.33. The lowest BCUT2D eigenvalue weighted by Crippen LogP contribution is -2.52. The molecule has 3 aromatic heterocycles. The molecular weight excluding hydrogens is 378 g/mol. The molecule has 30 heavy (non-hydrogen) atoms. The predicted octanol–water partition coefficient (Wildman–Crippen LogP) is 2.90. The zero-order chi connectivity index (χ0) is 20.7. The van der Waals surface area contributed by atoms with Gasteiger partial charge in [0.25, 0.3) is 0 Å². The summed E-state index contributed by atoms with van der Waals surface area (Å²) in [4.78, 5) is 27.8. The number of aryl methyl sites for hydroxylation is 2. The number of anilines is 2. The Bertz CT molecular complexity index is 1240. The highest BCUT2D eigenvalue weighted by molar-refractivity contribution is 5.96. The van der Waals surface area contributed by atoms with Crippen LogP contribution in [0.4, 0.5) is 11.5 Å². The lowest BCUT2D eigenvalue weighted by Gasteiger charge is -2.39. The quantitative estimate of drug-likeness (QED) is 0.568. The molecule has 0 aliphatic carbocycles. The first-order valence-electron chi connectivity index (χ1n) is 9.83. The summed E-state index contributed by atoms with van der Waals surface area (Å²) in [6.45, 7) is 5.17. The van der Waals surface area contributed by atoms with Gasteiger partial charge in [-0.05, 0) is 32.0 Å². The highest BCUT2D eigenvalue weighted by atomic mass is 16.2. The van der Waals surface area contributed by atoms with E-state index in [1.54, 1.807) is 10.9 Å². The van der Waals surface area contributed by atoms with Crippen molar-refractivity contribution in [3.05, 3.63) is 66.4 Å². The number of amides is 1. The summed E-state index contributed by atoms with van der Waals surface area (Å²) in [6, 6.07) is 13.7. The van der Waals surface area contributed by atoms with Crippen molar-refractivity contribution in [2.24, 2.45) is 5.92 Å². The lowest BCUT2D eigenvalue weighted by atomic mass is 9.99. The minimum absolute atomic E-state index is 0.00356. The van der Waals surface area contributed by atoms with Crippen LogP contribution in [0.2, 0.25) is 0 Å². The third-order valence-corrected chi connectivity index (χ3v) is 5.30. The van der Waals surface area contributed by atoms with Crippen LogP contribution in [0, 0.1) is 19.8 Å². The van der Waals surface area contributed by atoms with Gasteiger partial charge in [0, 0.05) is 30.2 Å². The van der Waals surface area contributed by atoms with E-state index in [9.17, 15) is 4.79 Å². The number of nitrogens with zero attached hydrogens (tertiary/aromatic N) is 6. The molecule has 1 amide bonds. The molecule has 0 unspecified atom stereocenters. The van der Waals surface area contributed by atoms with Crippen LogP contribution >= 0.6 is 0 Å². The number of carbonyl (C=O) groups excluding carboxylic acids is 1. The van der Waals surface area contributed by atoms with E-state index in [1.807, 2.05) is 56.3 Å². The molecule has 1 aromatic carbocycles. The second-order valence-corrected chi connectivity index (χ2v) is 7.58. The molecule has 8 nitrogen and oxygen atoms in total. The average Bonchev–Trinajstić information content (AvgIpc) is 3.05. The fraction of sp³-hybridized carbons (Fsp3) is 0.227. The van der Waals surface area contributed by atoms with Crippen molar-refractivity contribution in [1.82, 2.24) is 24.7 Å². The first kappa shape index (κ1) is 18.2. The molecular formula is C22H21N7O. The summed E-state index contributed by atoms with van der Waals surface area (Å²) in [5.41, 5.74) is 3.58. The van der Waals surface area contributed by atoms with Crippen LogP contribution in [-0.4, -0.2) is 43.7 Å². The zero-order valence-corrected chi connectivity index (χ0v) is 16.8. The van der Waals surface area contributed by atoms with Crippen molar-refractivity contribution in [3.63, 3.8) is 0 Å². The maximum Gasteiger partial charge on any atom is 0.231 e. The number of carbonyl (C=O) groups is 1. The van der Waals surface area contributed by atoms with Crippen molar-refractivity contribution in [2.75, 3.05) is 23.3 Å². The van der Waals surface area contributed by atoms with Gasteiger partial charge in [-0.15, -0.1) is 0 Å². The molecule has 1 aliphatic heterocycles. The molecule has 1 saturated heterocycles. The van der Waals surface area contributed by atoms with Gasteiger partial charge in [-0.3, -0.25) is 9.78 Å². The zero-order valence-electron chi connectivity index (χ0n) is 16.8. The lowest BCUT2D eigenvalue weighted by molar-refractivity contribution is -0.120. The molecule has 1 aliphatic rings. The fourth-order valence-corrected chi connectivity index (χ4v) is 3.70. The molecule has 0 atom stereocenters. The standard InChI is InChI=1S/C22H21N7O/c1-14-7-15(2)29(27-14)21-9-20(24-13-25-21)28-11-17(12-28)22(30)26-18-8-16-5-3-4-6-19(16)23-10-18/h3-10,13,17H,11-12H2,1-2H3,(H,26,30). The monoisotopic (exact) mass is 399 g/mol. The second kappa shape index (κ2) is 7.22. The van der Waals surface area contributed by atoms with E-state index in [4.69, 9.17) is 0 Å². The van der Waals surface area contributed by atoms with Crippen molar-refractivity contribution >= 4 is 28.3 Å². The van der Waals surface area contributed by atoms with E-state index in [0.717, 1.165) is 33.9 Å². The van der Waals surface area contributed by atoms with E-state index < -0.39 is 0 Å². The van der Waals surface area contributed by atoms with Gasteiger partial charge in [0.2, 0.25) is 5.91 Å². The molecule has 8 heteroatoms. The van der Waals surface area contributed by atoms with Crippen molar-refractivity contribution < 1.29 is 4.79 Å². The van der Waals surface area contributed by atoms with Crippen LogP contribution in [-0.2, 0) is 4.79 Å². The molecule has 0 saturated carbocycles. The van der Waals surface area contributed by atoms with Crippen LogP contribution in [0.5, 0.6) is 0 Å². The Morgan fingerprint density at radius 1 is 1.03 bits per heavy atom. The van der Waals surface area contributed by atoms with Crippen LogP contribution < -0.4 is 10.2 Å². The van der Waals surface area contributed by atoms with Gasteiger partial charge in [-0.1, -0.05) is 18.2 Å². The largest absolute Gasteiger partial charge is 0.355 e. The number of pyridine rings is 1. The average molecular weight is 399 g/mol. The van der Waals surface area contributed by atoms with E-state index in [1.165, 1.54) is 6.33 Å². The fourth-order valence-electron chi connectivity index (χ4n) is 3.70. The maximum atomic E-state index is 12.6. The number of aromatic nitrogens is 5. The Hall–Kier alpha value is -3.81. The summed E-state index contributed by atoms with van der Waals surface area (Å²) >= 11 is 0. The van der Waals surface area contributed by atoms with Gasteiger partial charge in [0.05, 0.1) is 29.0 Å². The summed E-state index contributed by atoms with van der Waals surface area (Å²) < 4.78 is 1.80. The second-order valence-electron chi connectivity index (χ2n) is 7.58. The van der Waals surface area contributed by atoms with Gasteiger partial charge in [0.1, 0.15) is 12.1 Å². The first-order chi connectivity index (χ1) is 14.6. The molecule has 0 bridgehead atoms. The van der Waals surface area contributed by atoms with Crippen LogP contribution in [0.1, 0.15) is 11.4 Å². The molecule has 0 radical (unpaired) electrons. The highest BCUT2D eigenvalue weighted by Crippen LogP contribution is 2.25. The summed E-state index contributed by atoms with van der Waals surface area (Å²) in [5, 5.41) is 8.46. The SMILES string of the molecule is Cc1cc(C)n(-c2cc(N3CC(C(=O)Nc4cnc5ccccc5c4)C3)ncn2)n1. The first-order valence-corrected chi connectivity index (χ1v) is 9.83. The van der Waals surface area contributed by atoms with Crippen molar-refractivity contribution in [3.8, 4) is 5.82 Å². The number of benzene rings is 1. The molecule has 4 heterocycles. The minimum atomic E-state index is -0.0939. The van der Waals surface area contributed by atoms with E-state index in [2.05, 4.69) is 30.3 Å². The number of hydrogen-bond acceptors (Lipinski definition) is 6. The molecule has 150 valence electrons. The smallest absolute Gasteiger partial charge is 0.231 e. The molecule has 4 aromatic rings. The Morgan fingerprint density at radius 2 is 1.83 bits per heavy atom. The van der Waals surface area contributed by atoms with Crippen LogP contribution in [0.15, 0.2) is 55.0 Å². The summed E-state index contributed by atoms with van der Waals surface area (Å²) in [7, 11) is 0. The topological polar surface area (TPSA) is 88.8 Å². The number of hydrogen-bond donors (Lipinski definition) is 1. The van der Waals surface area contributed by atoms with Gasteiger partial charge < -0.3 is 10.2 Å². The van der Waals surface area contributed by atoms with Crippen LogP contribution in [0.3, 0.4) is 0 Å². The Kier molecular flexibility index (Phi) is 4.39. The van der Waals surface area contributed by atoms with E-state index in [0.29, 0.717) is 18.8 Å². The third-order valence-electron chi connectivity index (χ3n) is 5.30. The predicted molar refractivity (Wildman–Crippen MR) is 115 cm³/mol. The number of fused-ring (bicyclic) bond motifs is 1. The normalized spacial score (nSPS) is 14.0. The number of nitrogens with one attached hydrogen (secondary N) is 1. The van der Waals surface area contributed by atoms with Gasteiger partial charge in [0.15, 0.2) is 5.82 Å². The Balaban J connectivity index is 1.25. The van der Waals surface area contributed by atoms with E-state index >= 15 is 0 Å². The molecule has 5 rings (SSSR count). The number of para-hydroxylation sites is 1. The van der Waals surface area contributed by atoms with Crippen molar-refractivity contribution in [1.29, 1.82) is 0 Å². The Morgan fingerprint density at radius 3 is 2.63 bits per heavy atom. The maximum absolute atomic E-state index is 12.6. The summed E-state index contributed by atoms with van der Waals surface area (Å²) in [5.74, 6) is 1.42. The minimum Gasteiger partial charge on any atom is -0.355 e. The molecule has 1 fully saturated rings. The van der Waals surface area contributed by atoms with E-state index in [-0.39, 0.29) is 11.8 Å². The van der Waals surface area contributed by atoms with Crippen molar-refractivity contribution in [2.45, 2.75) is 13.8 Å². The van der Waals surface area contributed by atoms with Gasteiger partial charge in [-0.25, -0.2) is 14.6 Å². The number of rotatable bonds is 4. The molecule has 1 N–H and O–H groups in total. The van der Waals surface area contributed by atoms with Crippen LogP contribution in [0.25, 0.3) is 16.7 Å². The molecule has 0 spiro atoms. The Labute approximate surface area is 173 Å². The third kappa shape index (κ3) is 3.36. The van der Waals surface area contributed by atoms with Gasteiger partial charge in [-0.2, -0.15) is 5.10 Å². The van der Waals surface area contributed by atoms with Gasteiger partial charge >= 0.3 is 0 Å².